The minimum atomic E-state index is -0.352. The molecule has 3 aromatic carbocycles. The highest BCUT2D eigenvalue weighted by atomic mass is 16.5. The van der Waals surface area contributed by atoms with Gasteiger partial charge in [0, 0.05) is 34.5 Å². The van der Waals surface area contributed by atoms with Crippen LogP contribution in [0.2, 0.25) is 0 Å². The van der Waals surface area contributed by atoms with Crippen molar-refractivity contribution in [3.8, 4) is 0 Å². The van der Waals surface area contributed by atoms with Crippen molar-refractivity contribution in [1.29, 1.82) is 0 Å². The Hall–Kier alpha value is -3.27. The standard InChI is InChI=1S/C21H18N2O2/c1-23-19-10-6-4-7-15(19)17-13-14(11-12-20(17)23)22-18-9-5-3-8-16(18)21(24)25-2/h3-13,22H,1-2H3. The summed E-state index contributed by atoms with van der Waals surface area (Å²) in [4.78, 5) is 11.9. The number of nitrogens with one attached hydrogen (secondary N) is 1. The molecule has 4 aromatic rings. The molecule has 0 amide bonds. The molecule has 0 atom stereocenters. The topological polar surface area (TPSA) is 43.3 Å². The molecule has 4 rings (SSSR count). The molecule has 0 aliphatic carbocycles. The predicted molar refractivity (Wildman–Crippen MR) is 101 cm³/mol. The zero-order valence-corrected chi connectivity index (χ0v) is 14.1. The number of carbonyl (C=O) groups is 1. The predicted octanol–water partition coefficient (Wildman–Crippen LogP) is 4.86. The Morgan fingerprint density at radius 1 is 0.920 bits per heavy atom. The van der Waals surface area contributed by atoms with Gasteiger partial charge in [-0.1, -0.05) is 30.3 Å². The largest absolute Gasteiger partial charge is 0.465 e. The smallest absolute Gasteiger partial charge is 0.339 e. The summed E-state index contributed by atoms with van der Waals surface area (Å²) in [7, 11) is 3.46. The van der Waals surface area contributed by atoms with Crippen LogP contribution in [0.1, 0.15) is 10.4 Å². The number of fused-ring (bicyclic) bond motifs is 3. The number of aromatic nitrogens is 1. The molecule has 1 N–H and O–H groups in total. The van der Waals surface area contributed by atoms with Crippen molar-refractivity contribution < 1.29 is 9.53 Å². The van der Waals surface area contributed by atoms with E-state index in [0.29, 0.717) is 5.56 Å². The van der Waals surface area contributed by atoms with Gasteiger partial charge >= 0.3 is 5.97 Å². The number of anilines is 2. The molecular formula is C21H18N2O2. The number of aryl methyl sites for hydroxylation is 1. The average molecular weight is 330 g/mol. The number of ether oxygens (including phenoxy) is 1. The molecule has 0 saturated heterocycles. The summed E-state index contributed by atoms with van der Waals surface area (Å²) in [6, 6.07) is 21.9. The summed E-state index contributed by atoms with van der Waals surface area (Å²) in [5, 5.41) is 5.74. The van der Waals surface area contributed by atoms with Crippen molar-refractivity contribution in [2.24, 2.45) is 7.05 Å². The summed E-state index contributed by atoms with van der Waals surface area (Å²) in [6.45, 7) is 0. The lowest BCUT2D eigenvalue weighted by Gasteiger charge is -2.11. The van der Waals surface area contributed by atoms with Gasteiger partial charge in [0.05, 0.1) is 18.4 Å². The molecule has 25 heavy (non-hydrogen) atoms. The lowest BCUT2D eigenvalue weighted by atomic mass is 10.1. The molecule has 0 aliphatic heterocycles. The summed E-state index contributed by atoms with van der Waals surface area (Å²) >= 11 is 0. The molecule has 1 heterocycles. The molecular weight excluding hydrogens is 312 g/mol. The maximum atomic E-state index is 11.9. The Labute approximate surface area is 145 Å². The Bertz CT molecular complexity index is 1100. The lowest BCUT2D eigenvalue weighted by molar-refractivity contribution is 0.0602. The number of para-hydroxylation sites is 2. The third kappa shape index (κ3) is 2.52. The van der Waals surface area contributed by atoms with E-state index >= 15 is 0 Å². The van der Waals surface area contributed by atoms with Gasteiger partial charge in [0.1, 0.15) is 0 Å². The van der Waals surface area contributed by atoms with Gasteiger partial charge in [-0.3, -0.25) is 0 Å². The molecule has 0 fully saturated rings. The van der Waals surface area contributed by atoms with Crippen LogP contribution in [0, 0.1) is 0 Å². The van der Waals surface area contributed by atoms with Crippen LogP contribution in [0.4, 0.5) is 11.4 Å². The Kier molecular flexibility index (Phi) is 3.65. The fourth-order valence-corrected chi connectivity index (χ4v) is 3.28. The van der Waals surface area contributed by atoms with Crippen molar-refractivity contribution in [3.63, 3.8) is 0 Å². The second kappa shape index (κ2) is 5.98. The minimum Gasteiger partial charge on any atom is -0.465 e. The van der Waals surface area contributed by atoms with E-state index in [2.05, 4.69) is 47.3 Å². The van der Waals surface area contributed by atoms with Crippen LogP contribution < -0.4 is 5.32 Å². The third-order valence-electron chi connectivity index (χ3n) is 4.52. The number of benzene rings is 3. The van der Waals surface area contributed by atoms with Gasteiger partial charge < -0.3 is 14.6 Å². The quantitative estimate of drug-likeness (QED) is 0.545. The van der Waals surface area contributed by atoms with Crippen molar-refractivity contribution in [2.45, 2.75) is 0 Å². The SMILES string of the molecule is COC(=O)c1ccccc1Nc1ccc2c(c1)c1ccccc1n2C. The first-order valence-electron chi connectivity index (χ1n) is 8.10. The molecule has 0 unspecified atom stereocenters. The second-order valence-corrected chi connectivity index (χ2v) is 5.97. The number of carbonyl (C=O) groups excluding carboxylic acids is 1. The molecule has 4 heteroatoms. The average Bonchev–Trinajstić information content (AvgIpc) is 2.94. The first kappa shape index (κ1) is 15.3. The minimum absolute atomic E-state index is 0.352. The van der Waals surface area contributed by atoms with Crippen LogP contribution >= 0.6 is 0 Å². The fraction of sp³-hybridized carbons (Fsp3) is 0.0952. The lowest BCUT2D eigenvalue weighted by Crippen LogP contribution is -2.05. The van der Waals surface area contributed by atoms with Gasteiger partial charge in [-0.15, -0.1) is 0 Å². The summed E-state index contributed by atoms with van der Waals surface area (Å²) in [5.41, 5.74) is 4.55. The van der Waals surface area contributed by atoms with Gasteiger partial charge in [-0.25, -0.2) is 4.79 Å². The maximum Gasteiger partial charge on any atom is 0.339 e. The molecule has 4 nitrogen and oxygen atoms in total. The van der Waals surface area contributed by atoms with Crippen LogP contribution in [-0.4, -0.2) is 17.6 Å². The van der Waals surface area contributed by atoms with E-state index < -0.39 is 0 Å². The van der Waals surface area contributed by atoms with Crippen LogP contribution in [0.5, 0.6) is 0 Å². The highest BCUT2D eigenvalue weighted by Crippen LogP contribution is 2.31. The van der Waals surface area contributed by atoms with E-state index in [1.165, 1.54) is 28.9 Å². The Balaban J connectivity index is 1.81. The van der Waals surface area contributed by atoms with E-state index in [0.717, 1.165) is 11.4 Å². The number of hydrogen-bond acceptors (Lipinski definition) is 3. The van der Waals surface area contributed by atoms with E-state index in [4.69, 9.17) is 4.74 Å². The Morgan fingerprint density at radius 2 is 1.64 bits per heavy atom. The molecule has 0 aliphatic rings. The van der Waals surface area contributed by atoms with Crippen molar-refractivity contribution in [1.82, 2.24) is 4.57 Å². The monoisotopic (exact) mass is 330 g/mol. The van der Waals surface area contributed by atoms with Gasteiger partial charge in [0.25, 0.3) is 0 Å². The van der Waals surface area contributed by atoms with Crippen molar-refractivity contribution in [2.75, 3.05) is 12.4 Å². The number of hydrogen-bond donors (Lipinski definition) is 1. The van der Waals surface area contributed by atoms with E-state index in [9.17, 15) is 4.79 Å². The summed E-state index contributed by atoms with van der Waals surface area (Å²) < 4.78 is 7.05. The molecule has 1 aromatic heterocycles. The van der Waals surface area contributed by atoms with Gasteiger partial charge in [0.15, 0.2) is 0 Å². The molecule has 0 radical (unpaired) electrons. The highest BCUT2D eigenvalue weighted by Gasteiger charge is 2.12. The third-order valence-corrected chi connectivity index (χ3v) is 4.52. The summed E-state index contributed by atoms with van der Waals surface area (Å²) in [5.74, 6) is -0.352. The molecule has 0 spiro atoms. The number of methoxy groups -OCH3 is 1. The van der Waals surface area contributed by atoms with Crippen LogP contribution in [-0.2, 0) is 11.8 Å². The zero-order chi connectivity index (χ0) is 17.4. The van der Waals surface area contributed by atoms with Crippen LogP contribution in [0.3, 0.4) is 0 Å². The van der Waals surface area contributed by atoms with Gasteiger partial charge in [-0.2, -0.15) is 0 Å². The second-order valence-electron chi connectivity index (χ2n) is 5.97. The summed E-state index contributed by atoms with van der Waals surface area (Å²) in [6.07, 6.45) is 0. The number of rotatable bonds is 3. The highest BCUT2D eigenvalue weighted by molar-refractivity contribution is 6.09. The first-order chi connectivity index (χ1) is 12.2. The first-order valence-corrected chi connectivity index (χ1v) is 8.10. The van der Waals surface area contributed by atoms with Crippen molar-refractivity contribution >= 4 is 39.1 Å². The number of nitrogens with zero attached hydrogens (tertiary/aromatic N) is 1. The van der Waals surface area contributed by atoms with Crippen molar-refractivity contribution in [3.05, 3.63) is 72.3 Å². The molecule has 0 bridgehead atoms. The van der Waals surface area contributed by atoms with E-state index in [1.54, 1.807) is 6.07 Å². The van der Waals surface area contributed by atoms with E-state index in [-0.39, 0.29) is 5.97 Å². The van der Waals surface area contributed by atoms with Crippen LogP contribution in [0.25, 0.3) is 21.8 Å². The fourth-order valence-electron chi connectivity index (χ4n) is 3.28. The normalized spacial score (nSPS) is 11.0. The molecule has 124 valence electrons. The Morgan fingerprint density at radius 3 is 2.48 bits per heavy atom. The van der Waals surface area contributed by atoms with Gasteiger partial charge in [0.2, 0.25) is 0 Å². The maximum absolute atomic E-state index is 11.9. The zero-order valence-electron chi connectivity index (χ0n) is 14.1. The molecule has 0 saturated carbocycles. The van der Waals surface area contributed by atoms with Crippen LogP contribution in [0.15, 0.2) is 66.7 Å². The number of esters is 1. The van der Waals surface area contributed by atoms with Gasteiger partial charge in [-0.05, 0) is 36.4 Å². The van der Waals surface area contributed by atoms with E-state index in [1.807, 2.05) is 30.3 Å².